The summed E-state index contributed by atoms with van der Waals surface area (Å²) in [6, 6.07) is 5.76. The molecule has 0 bridgehead atoms. The normalized spacial score (nSPS) is 9.64. The van der Waals surface area contributed by atoms with Gasteiger partial charge in [-0.15, -0.1) is 0 Å². The van der Waals surface area contributed by atoms with Gasteiger partial charge in [0, 0.05) is 4.47 Å². The number of halogens is 2. The molecular weight excluding hydrogens is 211 g/mol. The molecule has 0 amide bonds. The van der Waals surface area contributed by atoms with E-state index >= 15 is 0 Å². The number of benzene rings is 1. The van der Waals surface area contributed by atoms with Crippen molar-refractivity contribution in [1.29, 1.82) is 0 Å². The first-order valence-electron chi connectivity index (χ1n) is 3.12. The van der Waals surface area contributed by atoms with Crippen LogP contribution >= 0.6 is 15.9 Å². The molecule has 0 fully saturated rings. The van der Waals surface area contributed by atoms with E-state index in [9.17, 15) is 9.18 Å². The fourth-order valence-corrected chi connectivity index (χ4v) is 1.22. The van der Waals surface area contributed by atoms with E-state index in [0.717, 1.165) is 4.47 Å². The SMILES string of the molecule is O=C(F)Cc1ccccc1Br. The molecule has 0 aliphatic carbocycles. The molecular formula is C8H6BrFO. The quantitative estimate of drug-likeness (QED) is 0.695. The molecule has 0 radical (unpaired) electrons. The lowest BCUT2D eigenvalue weighted by atomic mass is 10.2. The minimum atomic E-state index is -1.31. The number of carbonyl (C=O) groups excluding carboxylic acids is 1. The van der Waals surface area contributed by atoms with E-state index in [1.165, 1.54) is 0 Å². The largest absolute Gasteiger partial charge is 0.305 e. The van der Waals surface area contributed by atoms with Gasteiger partial charge in [-0.05, 0) is 11.6 Å². The Labute approximate surface area is 72.4 Å². The molecule has 1 rings (SSSR count). The van der Waals surface area contributed by atoms with Crippen LogP contribution in [0.1, 0.15) is 5.56 Å². The first-order valence-corrected chi connectivity index (χ1v) is 3.91. The number of hydrogen-bond acceptors (Lipinski definition) is 1. The van der Waals surface area contributed by atoms with Crippen molar-refractivity contribution in [3.8, 4) is 0 Å². The van der Waals surface area contributed by atoms with Crippen molar-refractivity contribution in [2.45, 2.75) is 6.42 Å². The summed E-state index contributed by atoms with van der Waals surface area (Å²) in [6.45, 7) is 0. The van der Waals surface area contributed by atoms with Gasteiger partial charge >= 0.3 is 6.04 Å². The standard InChI is InChI=1S/C8H6BrFO/c9-7-4-2-1-3-6(7)5-8(10)11/h1-4H,5H2. The summed E-state index contributed by atoms with van der Waals surface area (Å²) >= 11 is 3.21. The number of hydrogen-bond donors (Lipinski definition) is 0. The van der Waals surface area contributed by atoms with Gasteiger partial charge in [-0.3, -0.25) is 4.79 Å². The maximum Gasteiger partial charge on any atom is 0.305 e. The second kappa shape index (κ2) is 3.62. The summed E-state index contributed by atoms with van der Waals surface area (Å²) in [5, 5.41) is 0. The third kappa shape index (κ3) is 2.42. The second-order valence-corrected chi connectivity index (χ2v) is 2.98. The topological polar surface area (TPSA) is 17.1 Å². The van der Waals surface area contributed by atoms with E-state index in [1.807, 2.05) is 6.07 Å². The zero-order chi connectivity index (χ0) is 8.27. The summed E-state index contributed by atoms with van der Waals surface area (Å²) in [5.41, 5.74) is 0.681. The highest BCUT2D eigenvalue weighted by Gasteiger charge is 2.03. The second-order valence-electron chi connectivity index (χ2n) is 2.12. The summed E-state index contributed by atoms with van der Waals surface area (Å²) in [4.78, 5) is 10.1. The van der Waals surface area contributed by atoms with Crippen LogP contribution in [0.25, 0.3) is 0 Å². The fraction of sp³-hybridized carbons (Fsp3) is 0.125. The van der Waals surface area contributed by atoms with Gasteiger partial charge in [0.2, 0.25) is 0 Å². The molecule has 3 heteroatoms. The predicted octanol–water partition coefficient (Wildman–Crippen LogP) is 2.49. The van der Waals surface area contributed by atoms with Gasteiger partial charge in [-0.2, -0.15) is 4.39 Å². The van der Waals surface area contributed by atoms with E-state index in [-0.39, 0.29) is 6.42 Å². The Morgan fingerprint density at radius 1 is 1.45 bits per heavy atom. The Morgan fingerprint density at radius 2 is 2.09 bits per heavy atom. The summed E-state index contributed by atoms with van der Waals surface area (Å²) < 4.78 is 12.7. The van der Waals surface area contributed by atoms with Crippen LogP contribution in [0.3, 0.4) is 0 Å². The molecule has 58 valence electrons. The van der Waals surface area contributed by atoms with E-state index in [2.05, 4.69) is 15.9 Å². The van der Waals surface area contributed by atoms with Gasteiger partial charge in [0.25, 0.3) is 0 Å². The van der Waals surface area contributed by atoms with Crippen LogP contribution in [0.4, 0.5) is 4.39 Å². The van der Waals surface area contributed by atoms with Crippen LogP contribution in [0.5, 0.6) is 0 Å². The summed E-state index contributed by atoms with van der Waals surface area (Å²) in [7, 11) is 0. The highest BCUT2D eigenvalue weighted by Crippen LogP contribution is 2.16. The molecule has 1 nitrogen and oxygen atoms in total. The fourth-order valence-electron chi connectivity index (χ4n) is 0.791. The van der Waals surface area contributed by atoms with Gasteiger partial charge in [0.1, 0.15) is 0 Å². The minimum absolute atomic E-state index is 0.151. The van der Waals surface area contributed by atoms with Crippen LogP contribution in [-0.4, -0.2) is 6.04 Å². The maximum atomic E-state index is 11.9. The molecule has 0 aliphatic heterocycles. The van der Waals surface area contributed by atoms with E-state index in [4.69, 9.17) is 0 Å². The van der Waals surface area contributed by atoms with E-state index in [0.29, 0.717) is 5.56 Å². The van der Waals surface area contributed by atoms with Crippen LogP contribution in [-0.2, 0) is 11.2 Å². The molecule has 0 spiro atoms. The van der Waals surface area contributed by atoms with Gasteiger partial charge in [-0.25, -0.2) is 0 Å². The Balaban J connectivity index is 2.86. The van der Waals surface area contributed by atoms with Crippen LogP contribution in [0.2, 0.25) is 0 Å². The molecule has 11 heavy (non-hydrogen) atoms. The van der Waals surface area contributed by atoms with Crippen LogP contribution < -0.4 is 0 Å². The highest BCUT2D eigenvalue weighted by atomic mass is 79.9. The van der Waals surface area contributed by atoms with Gasteiger partial charge < -0.3 is 0 Å². The minimum Gasteiger partial charge on any atom is -0.261 e. The zero-order valence-electron chi connectivity index (χ0n) is 5.68. The molecule has 0 aromatic heterocycles. The first-order chi connectivity index (χ1) is 5.20. The van der Waals surface area contributed by atoms with Crippen molar-refractivity contribution >= 4 is 22.0 Å². The average molecular weight is 217 g/mol. The Kier molecular flexibility index (Phi) is 2.76. The third-order valence-electron chi connectivity index (χ3n) is 1.29. The molecule has 0 heterocycles. The molecule has 1 aromatic rings. The third-order valence-corrected chi connectivity index (χ3v) is 2.06. The zero-order valence-corrected chi connectivity index (χ0v) is 7.27. The summed E-state index contributed by atoms with van der Waals surface area (Å²) in [6.07, 6.45) is -0.151. The first kappa shape index (κ1) is 8.40. The monoisotopic (exact) mass is 216 g/mol. The molecule has 1 aromatic carbocycles. The average Bonchev–Trinajstić information content (AvgIpc) is 1.93. The summed E-state index contributed by atoms with van der Waals surface area (Å²) in [5.74, 6) is 0. The van der Waals surface area contributed by atoms with Crippen molar-refractivity contribution in [2.24, 2.45) is 0 Å². The van der Waals surface area contributed by atoms with Crippen LogP contribution in [0, 0.1) is 0 Å². The number of rotatable bonds is 2. The lowest BCUT2D eigenvalue weighted by Gasteiger charge is -1.97. The predicted molar refractivity (Wildman–Crippen MR) is 44.0 cm³/mol. The Morgan fingerprint density at radius 3 is 2.64 bits per heavy atom. The Hall–Kier alpha value is -0.700. The van der Waals surface area contributed by atoms with E-state index in [1.54, 1.807) is 18.2 Å². The molecule has 0 aliphatic rings. The van der Waals surface area contributed by atoms with Gasteiger partial charge in [0.15, 0.2) is 0 Å². The molecule has 0 N–H and O–H groups in total. The van der Waals surface area contributed by atoms with Gasteiger partial charge in [0.05, 0.1) is 6.42 Å². The lowest BCUT2D eigenvalue weighted by Crippen LogP contribution is -1.94. The number of carbonyl (C=O) groups is 1. The lowest BCUT2D eigenvalue weighted by molar-refractivity contribution is -0.128. The van der Waals surface area contributed by atoms with E-state index < -0.39 is 6.04 Å². The maximum absolute atomic E-state index is 11.9. The molecule has 0 unspecified atom stereocenters. The molecule has 0 saturated carbocycles. The van der Waals surface area contributed by atoms with Crippen molar-refractivity contribution in [3.05, 3.63) is 34.3 Å². The van der Waals surface area contributed by atoms with Crippen LogP contribution in [0.15, 0.2) is 28.7 Å². The van der Waals surface area contributed by atoms with Crippen molar-refractivity contribution in [1.82, 2.24) is 0 Å². The van der Waals surface area contributed by atoms with Gasteiger partial charge in [-0.1, -0.05) is 34.1 Å². The van der Waals surface area contributed by atoms with Crippen molar-refractivity contribution in [3.63, 3.8) is 0 Å². The highest BCUT2D eigenvalue weighted by molar-refractivity contribution is 9.10. The van der Waals surface area contributed by atoms with Crippen molar-refractivity contribution < 1.29 is 9.18 Å². The smallest absolute Gasteiger partial charge is 0.261 e. The Bertz CT molecular complexity index is 273. The van der Waals surface area contributed by atoms with Crippen molar-refractivity contribution in [2.75, 3.05) is 0 Å². The molecule has 0 atom stereocenters. The molecule has 0 saturated heterocycles.